The Hall–Kier alpha value is -1.11. The molecule has 1 N–H and O–H groups in total. The van der Waals surface area contributed by atoms with Gasteiger partial charge in [0, 0.05) is 12.8 Å². The Morgan fingerprint density at radius 3 is 2.89 bits per heavy atom. The molecular weight excluding hydrogens is 247 g/mol. The van der Waals surface area contributed by atoms with Gasteiger partial charge in [-0.15, -0.1) is 0 Å². The van der Waals surface area contributed by atoms with Crippen molar-refractivity contribution in [2.24, 2.45) is 5.92 Å². The quantitative estimate of drug-likeness (QED) is 0.904. The molecule has 0 spiro atoms. The molecule has 7 heteroatoms. The molecule has 0 bridgehead atoms. The molecule has 2 rings (SSSR count). The topological polar surface area (TPSA) is 51.0 Å². The molecule has 102 valence electrons. The van der Waals surface area contributed by atoms with Crippen molar-refractivity contribution in [1.82, 2.24) is 15.5 Å². The van der Waals surface area contributed by atoms with Crippen molar-refractivity contribution in [2.75, 3.05) is 13.1 Å². The highest BCUT2D eigenvalue weighted by molar-refractivity contribution is 4.90. The summed E-state index contributed by atoms with van der Waals surface area (Å²) in [4.78, 5) is 4.00. The van der Waals surface area contributed by atoms with Gasteiger partial charge in [-0.25, -0.2) is 0 Å². The van der Waals surface area contributed by atoms with E-state index < -0.39 is 12.6 Å². The van der Waals surface area contributed by atoms with Gasteiger partial charge in [0.05, 0.1) is 6.42 Å². The van der Waals surface area contributed by atoms with Gasteiger partial charge in [0.25, 0.3) is 0 Å². The van der Waals surface area contributed by atoms with E-state index in [1.165, 1.54) is 0 Å². The average Bonchev–Trinajstić information content (AvgIpc) is 2.75. The summed E-state index contributed by atoms with van der Waals surface area (Å²) in [6, 6.07) is 0. The van der Waals surface area contributed by atoms with E-state index in [4.69, 9.17) is 4.52 Å². The summed E-state index contributed by atoms with van der Waals surface area (Å²) >= 11 is 0. The second-order valence-corrected chi connectivity index (χ2v) is 4.64. The SMILES string of the molecule is FC(F)(F)CCc1nc(CC2CCCNC2)no1. The van der Waals surface area contributed by atoms with Gasteiger partial charge >= 0.3 is 6.18 Å². The lowest BCUT2D eigenvalue weighted by atomic mass is 9.96. The monoisotopic (exact) mass is 263 g/mol. The Morgan fingerprint density at radius 1 is 1.39 bits per heavy atom. The number of nitrogens with zero attached hydrogens (tertiary/aromatic N) is 2. The first-order chi connectivity index (χ1) is 8.53. The number of aryl methyl sites for hydroxylation is 1. The number of piperidine rings is 1. The van der Waals surface area contributed by atoms with Gasteiger partial charge in [-0.2, -0.15) is 18.2 Å². The fraction of sp³-hybridized carbons (Fsp3) is 0.818. The summed E-state index contributed by atoms with van der Waals surface area (Å²) in [5.74, 6) is 1.04. The number of rotatable bonds is 4. The third-order valence-electron chi connectivity index (χ3n) is 3.00. The number of alkyl halides is 3. The molecule has 1 aliphatic rings. The molecule has 18 heavy (non-hydrogen) atoms. The van der Waals surface area contributed by atoms with Crippen LogP contribution in [0.5, 0.6) is 0 Å². The Labute approximate surface area is 103 Å². The van der Waals surface area contributed by atoms with Crippen LogP contribution in [-0.4, -0.2) is 29.4 Å². The zero-order valence-electron chi connectivity index (χ0n) is 9.96. The van der Waals surface area contributed by atoms with Crippen LogP contribution in [0.1, 0.15) is 31.0 Å². The molecule has 1 unspecified atom stereocenters. The van der Waals surface area contributed by atoms with E-state index >= 15 is 0 Å². The van der Waals surface area contributed by atoms with Crippen LogP contribution < -0.4 is 5.32 Å². The van der Waals surface area contributed by atoms with Crippen LogP contribution in [-0.2, 0) is 12.8 Å². The van der Waals surface area contributed by atoms with Crippen LogP contribution >= 0.6 is 0 Å². The van der Waals surface area contributed by atoms with Crippen molar-refractivity contribution in [1.29, 1.82) is 0 Å². The fourth-order valence-corrected chi connectivity index (χ4v) is 2.08. The van der Waals surface area contributed by atoms with E-state index in [1.54, 1.807) is 0 Å². The number of hydrogen-bond donors (Lipinski definition) is 1. The zero-order valence-corrected chi connectivity index (χ0v) is 9.96. The standard InChI is InChI=1S/C11H16F3N3O/c12-11(13,14)4-3-10-16-9(17-18-10)6-8-2-1-5-15-7-8/h8,15H,1-7H2. The first-order valence-corrected chi connectivity index (χ1v) is 6.12. The summed E-state index contributed by atoms with van der Waals surface area (Å²) in [7, 11) is 0. The van der Waals surface area contributed by atoms with E-state index in [0.717, 1.165) is 25.9 Å². The highest BCUT2D eigenvalue weighted by Gasteiger charge is 2.28. The molecule has 1 aliphatic heterocycles. The number of aromatic nitrogens is 2. The second-order valence-electron chi connectivity index (χ2n) is 4.64. The molecule has 1 aromatic rings. The molecule has 1 saturated heterocycles. The van der Waals surface area contributed by atoms with Crippen molar-refractivity contribution in [2.45, 2.75) is 38.3 Å². The highest BCUT2D eigenvalue weighted by Crippen LogP contribution is 2.22. The maximum Gasteiger partial charge on any atom is 0.389 e. The summed E-state index contributed by atoms with van der Waals surface area (Å²) in [5.41, 5.74) is 0. The third kappa shape index (κ3) is 4.29. The van der Waals surface area contributed by atoms with Crippen LogP contribution in [0, 0.1) is 5.92 Å². The van der Waals surface area contributed by atoms with E-state index in [-0.39, 0.29) is 12.3 Å². The molecular formula is C11H16F3N3O. The van der Waals surface area contributed by atoms with Crippen molar-refractivity contribution < 1.29 is 17.7 Å². The van der Waals surface area contributed by atoms with Crippen LogP contribution in [0.4, 0.5) is 13.2 Å². The van der Waals surface area contributed by atoms with E-state index in [2.05, 4.69) is 15.5 Å². The maximum atomic E-state index is 12.0. The summed E-state index contributed by atoms with van der Waals surface area (Å²) in [5, 5.41) is 7.00. The number of halogens is 3. The van der Waals surface area contributed by atoms with Gasteiger partial charge in [-0.05, 0) is 31.8 Å². The number of nitrogens with one attached hydrogen (secondary N) is 1. The molecule has 1 fully saturated rings. The largest absolute Gasteiger partial charge is 0.389 e. The molecule has 0 aliphatic carbocycles. The van der Waals surface area contributed by atoms with Crippen molar-refractivity contribution >= 4 is 0 Å². The minimum atomic E-state index is -4.18. The zero-order chi connectivity index (χ0) is 13.0. The average molecular weight is 263 g/mol. The van der Waals surface area contributed by atoms with Crippen LogP contribution in [0.25, 0.3) is 0 Å². The van der Waals surface area contributed by atoms with Crippen LogP contribution in [0.3, 0.4) is 0 Å². The van der Waals surface area contributed by atoms with E-state index in [0.29, 0.717) is 18.2 Å². The molecule has 0 aromatic carbocycles. The lowest BCUT2D eigenvalue weighted by molar-refractivity contribution is -0.134. The molecule has 2 heterocycles. The Balaban J connectivity index is 1.82. The molecule has 0 radical (unpaired) electrons. The Bertz CT molecular complexity index is 372. The second kappa shape index (κ2) is 5.69. The lowest BCUT2D eigenvalue weighted by Crippen LogP contribution is -2.31. The molecule has 1 atom stereocenters. The van der Waals surface area contributed by atoms with Crippen molar-refractivity contribution in [3.8, 4) is 0 Å². The summed E-state index contributed by atoms with van der Waals surface area (Å²) in [6.07, 6.45) is -2.45. The molecule has 0 saturated carbocycles. The Morgan fingerprint density at radius 2 is 2.22 bits per heavy atom. The molecule has 0 amide bonds. The fourth-order valence-electron chi connectivity index (χ4n) is 2.08. The molecule has 1 aromatic heterocycles. The minimum Gasteiger partial charge on any atom is -0.339 e. The van der Waals surface area contributed by atoms with Gasteiger partial charge in [0.15, 0.2) is 5.82 Å². The third-order valence-corrected chi connectivity index (χ3v) is 3.00. The van der Waals surface area contributed by atoms with E-state index in [1.807, 2.05) is 0 Å². The summed E-state index contributed by atoms with van der Waals surface area (Å²) in [6.45, 7) is 1.94. The van der Waals surface area contributed by atoms with Gasteiger partial charge < -0.3 is 9.84 Å². The minimum absolute atomic E-state index is 0.0751. The van der Waals surface area contributed by atoms with Crippen LogP contribution in [0.15, 0.2) is 4.52 Å². The predicted molar refractivity (Wildman–Crippen MR) is 58.0 cm³/mol. The van der Waals surface area contributed by atoms with Crippen LogP contribution in [0.2, 0.25) is 0 Å². The number of hydrogen-bond acceptors (Lipinski definition) is 4. The van der Waals surface area contributed by atoms with Crippen molar-refractivity contribution in [3.63, 3.8) is 0 Å². The van der Waals surface area contributed by atoms with Gasteiger partial charge in [-0.3, -0.25) is 0 Å². The summed E-state index contributed by atoms with van der Waals surface area (Å²) < 4.78 is 40.9. The normalized spacial score (nSPS) is 21.2. The smallest absolute Gasteiger partial charge is 0.339 e. The first kappa shape index (κ1) is 13.3. The van der Waals surface area contributed by atoms with Gasteiger partial charge in [0.1, 0.15) is 0 Å². The van der Waals surface area contributed by atoms with Gasteiger partial charge in [0.2, 0.25) is 5.89 Å². The first-order valence-electron chi connectivity index (χ1n) is 6.12. The maximum absolute atomic E-state index is 12.0. The van der Waals surface area contributed by atoms with Gasteiger partial charge in [-0.1, -0.05) is 5.16 Å². The van der Waals surface area contributed by atoms with E-state index in [9.17, 15) is 13.2 Å². The Kier molecular flexibility index (Phi) is 4.21. The predicted octanol–water partition coefficient (Wildman–Crippen LogP) is 2.11. The highest BCUT2D eigenvalue weighted by atomic mass is 19.4. The molecule has 4 nitrogen and oxygen atoms in total. The van der Waals surface area contributed by atoms with Crippen molar-refractivity contribution in [3.05, 3.63) is 11.7 Å². The lowest BCUT2D eigenvalue weighted by Gasteiger charge is -2.20.